The Labute approximate surface area is 323 Å². The van der Waals surface area contributed by atoms with Crippen LogP contribution in [0.3, 0.4) is 0 Å². The predicted octanol–water partition coefficient (Wildman–Crippen LogP) is 13.3. The van der Waals surface area contributed by atoms with Gasteiger partial charge in [-0.05, 0) is 223 Å². The second-order valence-corrected chi connectivity index (χ2v) is 16.2. The maximum atomic E-state index is 2.64. The lowest BCUT2D eigenvalue weighted by Crippen LogP contribution is -2.58. The molecule has 0 unspecified atom stereocenters. The number of hydrogen-bond acceptors (Lipinski definition) is 4. The molecule has 2 aliphatic heterocycles. The van der Waals surface area contributed by atoms with Gasteiger partial charge >= 0.3 is 0 Å². The van der Waals surface area contributed by atoms with Crippen LogP contribution in [0.2, 0.25) is 0 Å². The highest BCUT2D eigenvalue weighted by Gasteiger charge is 2.52. The van der Waals surface area contributed by atoms with Crippen LogP contribution in [-0.4, -0.2) is 12.3 Å². The van der Waals surface area contributed by atoms with E-state index in [1.165, 1.54) is 112 Å². The molecule has 0 saturated heterocycles. The molecule has 2 heterocycles. The Balaban J connectivity index is 1.51. The first-order valence-corrected chi connectivity index (χ1v) is 19.4. The predicted molar refractivity (Wildman–Crippen MR) is 232 cm³/mol. The fourth-order valence-electron chi connectivity index (χ4n) is 8.35. The summed E-state index contributed by atoms with van der Waals surface area (Å²) in [4.78, 5) is 10.6. The monoisotopic (exact) mass is 710 g/mol. The van der Waals surface area contributed by atoms with Crippen molar-refractivity contribution in [3.8, 4) is 0 Å². The Kier molecular flexibility index (Phi) is 8.64. The molecule has 0 radical (unpaired) electrons. The summed E-state index contributed by atoms with van der Waals surface area (Å²) in [6.07, 6.45) is -0.358. The van der Waals surface area contributed by atoms with Crippen molar-refractivity contribution >= 4 is 45.5 Å². The highest BCUT2D eigenvalue weighted by atomic mass is 15.5. The van der Waals surface area contributed by atoms with Crippen LogP contribution in [0.4, 0.5) is 45.5 Å². The van der Waals surface area contributed by atoms with Gasteiger partial charge in [-0.2, -0.15) is 0 Å². The summed E-state index contributed by atoms with van der Waals surface area (Å²) in [5.74, 6) is 0. The third-order valence-electron chi connectivity index (χ3n) is 12.6. The zero-order valence-electron chi connectivity index (χ0n) is 34.2. The van der Waals surface area contributed by atoms with E-state index >= 15 is 0 Å². The molecule has 0 aromatic heterocycles. The Bertz CT molecular complexity index is 2130. The molecule has 0 saturated carbocycles. The topological polar surface area (TPSA) is 13.0 Å². The first kappa shape index (κ1) is 35.5. The van der Waals surface area contributed by atoms with E-state index in [1.807, 2.05) is 0 Å². The van der Waals surface area contributed by atoms with Crippen LogP contribution in [0, 0.1) is 83.1 Å². The lowest BCUT2D eigenvalue weighted by atomic mass is 10.1. The Morgan fingerprint density at radius 2 is 0.426 bits per heavy atom. The van der Waals surface area contributed by atoms with Crippen molar-refractivity contribution in [3.63, 3.8) is 0 Å². The molecule has 0 fully saturated rings. The molecular formula is C50H54N4. The fourth-order valence-corrected chi connectivity index (χ4v) is 8.35. The molecule has 8 rings (SSSR count). The van der Waals surface area contributed by atoms with Gasteiger partial charge in [0, 0.05) is 22.7 Å². The van der Waals surface area contributed by atoms with Crippen LogP contribution in [0.15, 0.2) is 97.1 Å². The first-order valence-electron chi connectivity index (χ1n) is 19.4. The lowest BCUT2D eigenvalue weighted by Gasteiger charge is -2.45. The summed E-state index contributed by atoms with van der Waals surface area (Å²) in [6.45, 7) is 26.8. The van der Waals surface area contributed by atoms with Crippen molar-refractivity contribution in [2.75, 3.05) is 19.6 Å². The highest BCUT2D eigenvalue weighted by Crippen LogP contribution is 2.57. The molecule has 54 heavy (non-hydrogen) atoms. The van der Waals surface area contributed by atoms with E-state index < -0.39 is 0 Å². The third-order valence-corrected chi connectivity index (χ3v) is 12.6. The van der Waals surface area contributed by atoms with Gasteiger partial charge in [0.15, 0.2) is 12.3 Å². The zero-order chi connectivity index (χ0) is 38.3. The van der Waals surface area contributed by atoms with Crippen LogP contribution in [0.25, 0.3) is 0 Å². The molecule has 0 aliphatic carbocycles. The number of aryl methyl sites for hydroxylation is 12. The molecule has 0 spiro atoms. The molecule has 0 bridgehead atoms. The maximum absolute atomic E-state index is 2.64. The largest absolute Gasteiger partial charge is 0.314 e. The average molecular weight is 711 g/mol. The molecule has 4 heteroatoms. The van der Waals surface area contributed by atoms with Crippen LogP contribution >= 0.6 is 0 Å². The second kappa shape index (κ2) is 13.1. The number of rotatable bonds is 5. The average Bonchev–Trinajstić information content (AvgIpc) is 3.61. The molecular weight excluding hydrogens is 657 g/mol. The highest BCUT2D eigenvalue weighted by molar-refractivity contribution is 5.95. The minimum absolute atomic E-state index is 0.179. The van der Waals surface area contributed by atoms with E-state index in [4.69, 9.17) is 0 Å². The van der Waals surface area contributed by atoms with Crippen molar-refractivity contribution in [1.82, 2.24) is 0 Å². The van der Waals surface area contributed by atoms with Gasteiger partial charge in [0.25, 0.3) is 0 Å². The quantitative estimate of drug-likeness (QED) is 0.177. The van der Waals surface area contributed by atoms with E-state index in [-0.39, 0.29) is 12.3 Å². The molecule has 0 amide bonds. The van der Waals surface area contributed by atoms with Gasteiger partial charge in [0.05, 0.1) is 22.7 Å². The third kappa shape index (κ3) is 5.66. The molecule has 2 aliphatic rings. The lowest BCUT2D eigenvalue weighted by molar-refractivity contribution is 0.549. The van der Waals surface area contributed by atoms with Crippen molar-refractivity contribution in [1.29, 1.82) is 0 Å². The van der Waals surface area contributed by atoms with Gasteiger partial charge in [-0.15, -0.1) is 0 Å². The van der Waals surface area contributed by atoms with Gasteiger partial charge in [0.1, 0.15) is 0 Å². The van der Waals surface area contributed by atoms with E-state index in [0.29, 0.717) is 0 Å². The van der Waals surface area contributed by atoms with Crippen LogP contribution in [0.1, 0.15) is 66.8 Å². The van der Waals surface area contributed by atoms with Gasteiger partial charge < -0.3 is 19.6 Å². The van der Waals surface area contributed by atoms with Crippen LogP contribution in [-0.2, 0) is 0 Å². The molecule has 4 nitrogen and oxygen atoms in total. The molecule has 6 aromatic rings. The van der Waals surface area contributed by atoms with E-state index in [0.717, 1.165) is 0 Å². The van der Waals surface area contributed by atoms with Crippen molar-refractivity contribution < 1.29 is 0 Å². The Morgan fingerprint density at radius 1 is 0.241 bits per heavy atom. The molecule has 6 aromatic carbocycles. The summed E-state index contributed by atoms with van der Waals surface area (Å²) in [6, 6.07) is 37.7. The van der Waals surface area contributed by atoms with Crippen molar-refractivity contribution in [3.05, 3.63) is 164 Å². The zero-order valence-corrected chi connectivity index (χ0v) is 34.2. The second-order valence-electron chi connectivity index (χ2n) is 16.2. The minimum atomic E-state index is -0.179. The molecule has 274 valence electrons. The number of hydrogen-bond donors (Lipinski definition) is 0. The summed E-state index contributed by atoms with van der Waals surface area (Å²) in [5, 5.41) is 0. The van der Waals surface area contributed by atoms with E-state index in [9.17, 15) is 0 Å². The van der Waals surface area contributed by atoms with Gasteiger partial charge in [0.2, 0.25) is 0 Å². The van der Waals surface area contributed by atoms with Crippen LogP contribution < -0.4 is 19.6 Å². The summed E-state index contributed by atoms with van der Waals surface area (Å²) < 4.78 is 0. The SMILES string of the molecule is Cc1ccc(N2c3cc(C)c(C)cc3N(c3ccc(C)c(C)c3)C2C2N(c3ccc(C)c(C)c3)c3cc(C)c(C)cc3N2c2ccc(C)c(C)c2)cc1C. The smallest absolute Gasteiger partial charge is 0.151 e. The van der Waals surface area contributed by atoms with E-state index in [2.05, 4.69) is 200 Å². The van der Waals surface area contributed by atoms with Crippen LogP contribution in [0.5, 0.6) is 0 Å². The van der Waals surface area contributed by atoms with Crippen molar-refractivity contribution in [2.45, 2.75) is 95.4 Å². The summed E-state index contributed by atoms with van der Waals surface area (Å²) >= 11 is 0. The fraction of sp³-hybridized carbons (Fsp3) is 0.280. The van der Waals surface area contributed by atoms with Gasteiger partial charge in [-0.3, -0.25) is 0 Å². The molecule has 0 atom stereocenters. The van der Waals surface area contributed by atoms with Crippen molar-refractivity contribution in [2.24, 2.45) is 0 Å². The number of benzene rings is 6. The van der Waals surface area contributed by atoms with Gasteiger partial charge in [-0.1, -0.05) is 24.3 Å². The first-order chi connectivity index (χ1) is 25.7. The maximum Gasteiger partial charge on any atom is 0.151 e. The molecule has 0 N–H and O–H groups in total. The number of fused-ring (bicyclic) bond motifs is 2. The Morgan fingerprint density at radius 3 is 0.611 bits per heavy atom. The van der Waals surface area contributed by atoms with Gasteiger partial charge in [-0.25, -0.2) is 0 Å². The standard InChI is InChI=1S/C50H54N4/c1-29-13-17-41(21-33(29)5)51-45-25-37(9)38(10)26-46(45)52(42-18-14-30(2)34(6)22-42)49(51)50-53(43-19-15-31(3)35(7)23-43)47-27-39(11)40(12)28-48(47)54(50)44-20-16-32(4)36(8)24-44/h13-28,49-50H,1-12H3. The Hall–Kier alpha value is -5.48. The van der Waals surface area contributed by atoms with E-state index in [1.54, 1.807) is 0 Å². The summed E-state index contributed by atoms with van der Waals surface area (Å²) in [7, 11) is 0. The summed E-state index contributed by atoms with van der Waals surface area (Å²) in [5.41, 5.74) is 25.2. The number of anilines is 8. The number of nitrogens with zero attached hydrogens (tertiary/aromatic N) is 4. The minimum Gasteiger partial charge on any atom is -0.314 e. The normalized spacial score (nSPS) is 14.4.